The topological polar surface area (TPSA) is 65.7 Å². The van der Waals surface area contributed by atoms with E-state index in [9.17, 15) is 18.0 Å². The van der Waals surface area contributed by atoms with Crippen LogP contribution in [-0.2, 0) is 11.0 Å². The Bertz CT molecular complexity index is 1130. The average Bonchev–Trinajstić information content (AvgIpc) is 3.43. The summed E-state index contributed by atoms with van der Waals surface area (Å²) >= 11 is 0. The lowest BCUT2D eigenvalue weighted by Gasteiger charge is -2.39. The van der Waals surface area contributed by atoms with Gasteiger partial charge in [0.1, 0.15) is 5.69 Å². The van der Waals surface area contributed by atoms with Gasteiger partial charge < -0.3 is 19.1 Å². The predicted molar refractivity (Wildman–Crippen MR) is 125 cm³/mol. The van der Waals surface area contributed by atoms with Gasteiger partial charge in [-0.25, -0.2) is 0 Å². The fourth-order valence-corrected chi connectivity index (χ4v) is 4.73. The van der Waals surface area contributed by atoms with Crippen LogP contribution in [0.2, 0.25) is 0 Å². The van der Waals surface area contributed by atoms with Gasteiger partial charge in [-0.2, -0.15) is 13.2 Å². The molecule has 0 unspecified atom stereocenters. The van der Waals surface area contributed by atoms with Crippen molar-refractivity contribution in [3.8, 4) is 11.5 Å². The first kappa shape index (κ1) is 23.2. The number of hydrogen-bond acceptors (Lipinski definition) is 6. The van der Waals surface area contributed by atoms with Gasteiger partial charge in [-0.1, -0.05) is 6.07 Å². The van der Waals surface area contributed by atoms with E-state index < -0.39 is 11.7 Å². The Morgan fingerprint density at radius 1 is 0.886 bits per heavy atom. The zero-order chi connectivity index (χ0) is 24.4. The molecule has 35 heavy (non-hydrogen) atoms. The molecule has 0 N–H and O–H groups in total. The van der Waals surface area contributed by atoms with E-state index in [0.717, 1.165) is 37.8 Å². The molecule has 0 spiro atoms. The number of halogens is 3. The summed E-state index contributed by atoms with van der Waals surface area (Å²) < 4.78 is 44.5. The molecule has 2 aromatic heterocycles. The molecular formula is C25H26F3N5O2. The van der Waals surface area contributed by atoms with Crippen LogP contribution < -0.4 is 9.80 Å². The first-order valence-corrected chi connectivity index (χ1v) is 11.7. The zero-order valence-corrected chi connectivity index (χ0v) is 19.1. The van der Waals surface area contributed by atoms with Gasteiger partial charge in [0.05, 0.1) is 11.8 Å². The fraction of sp³-hybridized carbons (Fsp3) is 0.400. The number of rotatable bonds is 4. The molecule has 10 heteroatoms. The summed E-state index contributed by atoms with van der Waals surface area (Å²) in [5, 5.41) is 8.57. The molecule has 2 aliphatic heterocycles. The maximum Gasteiger partial charge on any atom is 0.416 e. The molecule has 3 aromatic rings. The maximum absolute atomic E-state index is 13.1. The molecule has 0 bridgehead atoms. The van der Waals surface area contributed by atoms with Gasteiger partial charge in [0, 0.05) is 50.9 Å². The van der Waals surface area contributed by atoms with Crippen molar-refractivity contribution in [2.75, 3.05) is 49.1 Å². The number of carbonyl (C=O) groups excluding carboxylic acids is 1. The maximum atomic E-state index is 13.1. The summed E-state index contributed by atoms with van der Waals surface area (Å²) in [6.45, 7) is 3.49. The summed E-state index contributed by atoms with van der Waals surface area (Å²) in [6.07, 6.45) is -1.31. The van der Waals surface area contributed by atoms with Crippen molar-refractivity contribution in [3.63, 3.8) is 0 Å². The number of piperidine rings is 1. The molecule has 4 heterocycles. The molecule has 0 radical (unpaired) electrons. The fourth-order valence-electron chi connectivity index (χ4n) is 4.73. The molecular weight excluding hydrogens is 459 g/mol. The summed E-state index contributed by atoms with van der Waals surface area (Å²) in [5.41, 5.74) is 0.563. The smallest absolute Gasteiger partial charge is 0.416 e. The largest absolute Gasteiger partial charge is 0.463 e. The zero-order valence-electron chi connectivity index (χ0n) is 19.1. The van der Waals surface area contributed by atoms with Crippen molar-refractivity contribution in [3.05, 3.63) is 60.4 Å². The van der Waals surface area contributed by atoms with Crippen LogP contribution in [0.3, 0.4) is 0 Å². The third kappa shape index (κ3) is 5.11. The normalized spacial score (nSPS) is 17.6. The number of nitrogens with zero attached hydrogens (tertiary/aromatic N) is 5. The third-order valence-corrected chi connectivity index (χ3v) is 6.72. The Kier molecular flexibility index (Phi) is 6.36. The van der Waals surface area contributed by atoms with Gasteiger partial charge in [-0.05, 0) is 55.3 Å². The van der Waals surface area contributed by atoms with Crippen molar-refractivity contribution in [2.45, 2.75) is 19.0 Å². The molecule has 184 valence electrons. The summed E-state index contributed by atoms with van der Waals surface area (Å²) in [7, 11) is 0. The molecule has 2 aliphatic rings. The van der Waals surface area contributed by atoms with Crippen molar-refractivity contribution in [1.29, 1.82) is 0 Å². The highest BCUT2D eigenvalue weighted by Crippen LogP contribution is 2.32. The van der Waals surface area contributed by atoms with E-state index >= 15 is 0 Å². The Morgan fingerprint density at radius 2 is 1.66 bits per heavy atom. The molecule has 5 rings (SSSR count). The Balaban J connectivity index is 1.12. The van der Waals surface area contributed by atoms with E-state index in [0.29, 0.717) is 43.3 Å². The highest BCUT2D eigenvalue weighted by Gasteiger charge is 2.33. The van der Waals surface area contributed by atoms with E-state index in [-0.39, 0.29) is 11.8 Å². The molecule has 0 saturated carbocycles. The minimum atomic E-state index is -4.37. The van der Waals surface area contributed by atoms with Crippen LogP contribution in [0.25, 0.3) is 11.5 Å². The highest BCUT2D eigenvalue weighted by atomic mass is 19.4. The lowest BCUT2D eigenvalue weighted by molar-refractivity contribution is -0.137. The second-order valence-electron chi connectivity index (χ2n) is 8.88. The summed E-state index contributed by atoms with van der Waals surface area (Å²) in [6, 6.07) is 12.8. The number of amides is 1. The molecule has 2 saturated heterocycles. The molecule has 0 atom stereocenters. The third-order valence-electron chi connectivity index (χ3n) is 6.72. The van der Waals surface area contributed by atoms with Gasteiger partial charge in [0.25, 0.3) is 0 Å². The van der Waals surface area contributed by atoms with Crippen molar-refractivity contribution in [2.24, 2.45) is 5.92 Å². The molecule has 0 aliphatic carbocycles. The van der Waals surface area contributed by atoms with Crippen molar-refractivity contribution >= 4 is 17.4 Å². The summed E-state index contributed by atoms with van der Waals surface area (Å²) in [4.78, 5) is 19.0. The first-order valence-electron chi connectivity index (χ1n) is 11.7. The van der Waals surface area contributed by atoms with Gasteiger partial charge in [0.2, 0.25) is 5.91 Å². The monoisotopic (exact) mass is 485 g/mol. The Morgan fingerprint density at radius 3 is 2.29 bits per heavy atom. The van der Waals surface area contributed by atoms with Crippen LogP contribution in [0.1, 0.15) is 18.4 Å². The van der Waals surface area contributed by atoms with Crippen LogP contribution >= 0.6 is 0 Å². The Labute approximate surface area is 201 Å². The van der Waals surface area contributed by atoms with Gasteiger partial charge >= 0.3 is 6.18 Å². The molecule has 1 aromatic carbocycles. The minimum absolute atomic E-state index is 0.0540. The molecule has 7 nitrogen and oxygen atoms in total. The number of alkyl halides is 3. The van der Waals surface area contributed by atoms with E-state index in [1.54, 1.807) is 18.4 Å². The molecule has 1 amide bonds. The van der Waals surface area contributed by atoms with Crippen LogP contribution in [0.5, 0.6) is 0 Å². The summed E-state index contributed by atoms with van der Waals surface area (Å²) in [5.74, 6) is 1.52. The quantitative estimate of drug-likeness (QED) is 0.549. The number of hydrogen-bond donors (Lipinski definition) is 0. The number of furan rings is 1. The van der Waals surface area contributed by atoms with Gasteiger partial charge in [-0.15, -0.1) is 10.2 Å². The van der Waals surface area contributed by atoms with Crippen molar-refractivity contribution in [1.82, 2.24) is 15.1 Å². The molecule has 2 fully saturated rings. The number of carbonyl (C=O) groups is 1. The number of aromatic nitrogens is 2. The number of benzene rings is 1. The average molecular weight is 486 g/mol. The first-order chi connectivity index (χ1) is 16.9. The van der Waals surface area contributed by atoms with Crippen LogP contribution in [0, 0.1) is 5.92 Å². The van der Waals surface area contributed by atoms with Crippen LogP contribution in [0.15, 0.2) is 59.2 Å². The highest BCUT2D eigenvalue weighted by molar-refractivity contribution is 5.79. The van der Waals surface area contributed by atoms with E-state index in [4.69, 9.17) is 4.42 Å². The van der Waals surface area contributed by atoms with Crippen LogP contribution in [-0.4, -0.2) is 60.3 Å². The van der Waals surface area contributed by atoms with E-state index in [2.05, 4.69) is 15.1 Å². The number of anilines is 2. The van der Waals surface area contributed by atoms with Crippen molar-refractivity contribution < 1.29 is 22.4 Å². The minimum Gasteiger partial charge on any atom is -0.463 e. The van der Waals surface area contributed by atoms with E-state index in [1.165, 1.54) is 12.1 Å². The standard InChI is InChI=1S/C25H26F3N5O2/c26-25(27,28)19-3-1-4-20(17-19)31-12-14-33(15-13-31)24(34)18-8-10-32(11-9-18)23-7-6-21(29-30-23)22-5-2-16-35-22/h1-7,16-18H,8-15H2. The van der Waals surface area contributed by atoms with Gasteiger partial charge in [0.15, 0.2) is 11.6 Å². The second kappa shape index (κ2) is 9.59. The lowest BCUT2D eigenvalue weighted by atomic mass is 9.95. The Hall–Kier alpha value is -3.56. The van der Waals surface area contributed by atoms with Gasteiger partial charge in [-0.3, -0.25) is 4.79 Å². The van der Waals surface area contributed by atoms with E-state index in [1.807, 2.05) is 28.0 Å². The van der Waals surface area contributed by atoms with Crippen LogP contribution in [0.4, 0.5) is 24.7 Å². The predicted octanol–water partition coefficient (Wildman–Crippen LogP) is 4.32. The SMILES string of the molecule is O=C(C1CCN(c2ccc(-c3ccco3)nn2)CC1)N1CCN(c2cccc(C(F)(F)F)c2)CC1. The lowest BCUT2D eigenvalue weighted by Crippen LogP contribution is -2.51. The number of piperazine rings is 1. The second-order valence-corrected chi connectivity index (χ2v) is 8.88.